The molecule has 92 valence electrons. The maximum atomic E-state index is 9.17. The Morgan fingerprint density at radius 2 is 1.87 bits per heavy atom. The molecule has 0 aromatic carbocycles. The van der Waals surface area contributed by atoms with Crippen LogP contribution in [-0.2, 0) is 9.47 Å². The van der Waals surface area contributed by atoms with Crippen LogP contribution in [0.2, 0.25) is 0 Å². The Kier molecular flexibility index (Phi) is 7.96. The normalized spacial score (nSPS) is 17.8. The largest absolute Gasteiger partial charge is 0.394 e. The zero-order valence-corrected chi connectivity index (χ0v) is 10.3. The van der Waals surface area contributed by atoms with Crippen LogP contribution in [0.25, 0.3) is 0 Å². The van der Waals surface area contributed by atoms with Gasteiger partial charge in [-0.15, -0.1) is 0 Å². The minimum absolute atomic E-state index is 0.0353. The molecule has 3 unspecified atom stereocenters. The third kappa shape index (κ3) is 6.10. The molecule has 3 N–H and O–H groups in total. The van der Waals surface area contributed by atoms with Crippen LogP contribution < -0.4 is 5.73 Å². The van der Waals surface area contributed by atoms with Crippen LogP contribution in [0.1, 0.15) is 27.7 Å². The van der Waals surface area contributed by atoms with E-state index in [1.165, 1.54) is 0 Å². The van der Waals surface area contributed by atoms with E-state index in [9.17, 15) is 5.11 Å². The van der Waals surface area contributed by atoms with Crippen LogP contribution in [0.15, 0.2) is 0 Å². The predicted molar refractivity (Wildman–Crippen MR) is 60.7 cm³/mol. The molecule has 0 amide bonds. The summed E-state index contributed by atoms with van der Waals surface area (Å²) in [6.07, 6.45) is -0.340. The number of ether oxygens (including phenoxy) is 2. The van der Waals surface area contributed by atoms with Gasteiger partial charge in [-0.25, -0.2) is 0 Å². The molecule has 3 atom stereocenters. The molecule has 0 rings (SSSR count). The van der Waals surface area contributed by atoms with Crippen molar-refractivity contribution in [1.82, 2.24) is 0 Å². The van der Waals surface area contributed by atoms with Crippen LogP contribution >= 0.6 is 0 Å². The van der Waals surface area contributed by atoms with E-state index >= 15 is 0 Å². The average molecular weight is 219 g/mol. The molecule has 0 bridgehead atoms. The Balaban J connectivity index is 3.97. The molecule has 0 aromatic rings. The molecule has 0 fully saturated rings. The Hall–Kier alpha value is -0.160. The third-order valence-corrected chi connectivity index (χ3v) is 2.34. The van der Waals surface area contributed by atoms with Crippen molar-refractivity contribution >= 4 is 0 Å². The van der Waals surface area contributed by atoms with Gasteiger partial charge in [0.2, 0.25) is 0 Å². The highest BCUT2D eigenvalue weighted by Gasteiger charge is 2.22. The van der Waals surface area contributed by atoms with Crippen LogP contribution in [0.4, 0.5) is 0 Å². The number of aliphatic hydroxyl groups excluding tert-OH is 1. The number of hydrogen-bond donors (Lipinski definition) is 2. The summed E-state index contributed by atoms with van der Waals surface area (Å²) in [4.78, 5) is 0. The zero-order valence-electron chi connectivity index (χ0n) is 10.3. The molecule has 0 saturated carbocycles. The highest BCUT2D eigenvalue weighted by Crippen LogP contribution is 2.09. The van der Waals surface area contributed by atoms with Gasteiger partial charge >= 0.3 is 0 Å². The standard InChI is InChI=1S/C11H25NO3/c1-5-14-7-9(4)15-10(6-13)11(12)8(2)3/h8-11,13H,5-7,12H2,1-4H3. The molecule has 4 heteroatoms. The minimum Gasteiger partial charge on any atom is -0.394 e. The highest BCUT2D eigenvalue weighted by molar-refractivity contribution is 4.76. The van der Waals surface area contributed by atoms with E-state index in [-0.39, 0.29) is 24.9 Å². The maximum Gasteiger partial charge on any atom is 0.0963 e. The van der Waals surface area contributed by atoms with E-state index < -0.39 is 0 Å². The van der Waals surface area contributed by atoms with Gasteiger partial charge in [-0.2, -0.15) is 0 Å². The van der Waals surface area contributed by atoms with Crippen molar-refractivity contribution in [1.29, 1.82) is 0 Å². The molecular formula is C11H25NO3. The number of nitrogens with two attached hydrogens (primary N) is 1. The maximum absolute atomic E-state index is 9.17. The van der Waals surface area contributed by atoms with Crippen molar-refractivity contribution in [2.75, 3.05) is 19.8 Å². The van der Waals surface area contributed by atoms with Gasteiger partial charge in [0.15, 0.2) is 0 Å². The van der Waals surface area contributed by atoms with Crippen LogP contribution in [0, 0.1) is 5.92 Å². The van der Waals surface area contributed by atoms with Gasteiger partial charge in [0, 0.05) is 12.6 Å². The van der Waals surface area contributed by atoms with Gasteiger partial charge in [0.25, 0.3) is 0 Å². The summed E-state index contributed by atoms with van der Waals surface area (Å²) in [5.74, 6) is 0.293. The lowest BCUT2D eigenvalue weighted by molar-refractivity contribution is -0.0784. The van der Waals surface area contributed by atoms with Crippen molar-refractivity contribution in [3.05, 3.63) is 0 Å². The summed E-state index contributed by atoms with van der Waals surface area (Å²) >= 11 is 0. The topological polar surface area (TPSA) is 64.7 Å². The van der Waals surface area contributed by atoms with Crippen LogP contribution in [0.3, 0.4) is 0 Å². The zero-order chi connectivity index (χ0) is 11.8. The molecule has 0 aliphatic rings. The summed E-state index contributed by atoms with van der Waals surface area (Å²) in [6, 6.07) is -0.140. The monoisotopic (exact) mass is 219 g/mol. The Labute approximate surface area is 92.7 Å². The number of rotatable bonds is 8. The Bertz CT molecular complexity index is 153. The summed E-state index contributed by atoms with van der Waals surface area (Å²) in [6.45, 7) is 9.07. The third-order valence-electron chi connectivity index (χ3n) is 2.34. The lowest BCUT2D eigenvalue weighted by atomic mass is 10.00. The number of hydrogen-bond acceptors (Lipinski definition) is 4. The van der Waals surface area contributed by atoms with E-state index in [0.29, 0.717) is 19.1 Å². The molecule has 15 heavy (non-hydrogen) atoms. The lowest BCUT2D eigenvalue weighted by Gasteiger charge is -2.28. The predicted octanol–water partition coefficient (Wildman–Crippen LogP) is 0.772. The summed E-state index contributed by atoms with van der Waals surface area (Å²) < 4.78 is 10.9. The first-order valence-corrected chi connectivity index (χ1v) is 5.62. The summed E-state index contributed by atoms with van der Waals surface area (Å²) in [5.41, 5.74) is 5.92. The molecule has 0 heterocycles. The molecule has 0 aliphatic carbocycles. The highest BCUT2D eigenvalue weighted by atomic mass is 16.5. The van der Waals surface area contributed by atoms with Gasteiger partial charge in [-0.1, -0.05) is 13.8 Å². The fourth-order valence-corrected chi connectivity index (χ4v) is 1.31. The summed E-state index contributed by atoms with van der Waals surface area (Å²) in [5, 5.41) is 9.17. The Morgan fingerprint density at radius 1 is 1.27 bits per heavy atom. The first kappa shape index (κ1) is 14.8. The molecule has 0 aliphatic heterocycles. The van der Waals surface area contributed by atoms with Gasteiger partial charge in [0.1, 0.15) is 0 Å². The van der Waals surface area contributed by atoms with E-state index in [1.54, 1.807) is 0 Å². The first-order chi connectivity index (χ1) is 7.02. The fourth-order valence-electron chi connectivity index (χ4n) is 1.31. The molecule has 0 saturated heterocycles. The first-order valence-electron chi connectivity index (χ1n) is 5.62. The fraction of sp³-hybridized carbons (Fsp3) is 1.00. The van der Waals surface area contributed by atoms with Crippen LogP contribution in [-0.4, -0.2) is 43.2 Å². The summed E-state index contributed by atoms with van der Waals surface area (Å²) in [7, 11) is 0. The second kappa shape index (κ2) is 8.05. The Morgan fingerprint density at radius 3 is 2.27 bits per heavy atom. The molecular weight excluding hydrogens is 194 g/mol. The van der Waals surface area contributed by atoms with Crippen molar-refractivity contribution in [2.24, 2.45) is 11.7 Å². The molecule has 4 nitrogen and oxygen atoms in total. The minimum atomic E-state index is -0.305. The van der Waals surface area contributed by atoms with Gasteiger partial charge < -0.3 is 20.3 Å². The van der Waals surface area contributed by atoms with E-state index in [1.807, 2.05) is 27.7 Å². The van der Waals surface area contributed by atoms with Crippen LogP contribution in [0.5, 0.6) is 0 Å². The number of aliphatic hydroxyl groups is 1. The van der Waals surface area contributed by atoms with Gasteiger partial charge in [0.05, 0.1) is 25.4 Å². The smallest absolute Gasteiger partial charge is 0.0963 e. The van der Waals surface area contributed by atoms with E-state index in [0.717, 1.165) is 0 Å². The van der Waals surface area contributed by atoms with E-state index in [2.05, 4.69) is 0 Å². The quantitative estimate of drug-likeness (QED) is 0.633. The van der Waals surface area contributed by atoms with Gasteiger partial charge in [-0.3, -0.25) is 0 Å². The second-order valence-corrected chi connectivity index (χ2v) is 4.15. The SMILES string of the molecule is CCOCC(C)OC(CO)C(N)C(C)C. The van der Waals surface area contributed by atoms with Crippen molar-refractivity contribution in [3.63, 3.8) is 0 Å². The van der Waals surface area contributed by atoms with E-state index in [4.69, 9.17) is 15.2 Å². The van der Waals surface area contributed by atoms with Crippen molar-refractivity contribution in [3.8, 4) is 0 Å². The second-order valence-electron chi connectivity index (χ2n) is 4.15. The lowest BCUT2D eigenvalue weighted by Crippen LogP contribution is -2.45. The average Bonchev–Trinajstić information content (AvgIpc) is 2.21. The van der Waals surface area contributed by atoms with Gasteiger partial charge in [-0.05, 0) is 19.8 Å². The molecule has 0 spiro atoms. The van der Waals surface area contributed by atoms with Crippen molar-refractivity contribution in [2.45, 2.75) is 45.9 Å². The molecule has 0 radical (unpaired) electrons. The van der Waals surface area contributed by atoms with Crippen molar-refractivity contribution < 1.29 is 14.6 Å². The molecule has 0 aromatic heterocycles.